The van der Waals surface area contributed by atoms with Crippen molar-refractivity contribution in [3.05, 3.63) is 83.3 Å². The van der Waals surface area contributed by atoms with Crippen molar-refractivity contribution in [2.24, 2.45) is 0 Å². The second-order valence-electron chi connectivity index (χ2n) is 8.95. The molecule has 0 radical (unpaired) electrons. The van der Waals surface area contributed by atoms with Crippen LogP contribution in [0.4, 0.5) is 11.4 Å². The van der Waals surface area contributed by atoms with Crippen LogP contribution < -0.4 is 15.1 Å². The molecule has 2 aliphatic heterocycles. The predicted molar refractivity (Wildman–Crippen MR) is 130 cm³/mol. The Morgan fingerprint density at radius 2 is 1.85 bits per heavy atom. The molecule has 2 unspecified atom stereocenters. The predicted octanol–water partition coefficient (Wildman–Crippen LogP) is 4.56. The maximum Gasteiger partial charge on any atom is 0.255 e. The van der Waals surface area contributed by atoms with E-state index >= 15 is 0 Å². The van der Waals surface area contributed by atoms with Gasteiger partial charge in [-0.1, -0.05) is 30.3 Å². The zero-order valence-corrected chi connectivity index (χ0v) is 19.3. The van der Waals surface area contributed by atoms with Gasteiger partial charge in [0.25, 0.3) is 5.91 Å². The number of hydrogen-bond acceptors (Lipinski definition) is 5. The van der Waals surface area contributed by atoms with Crippen LogP contribution in [0.5, 0.6) is 0 Å². The molecule has 172 valence electrons. The smallest absolute Gasteiger partial charge is 0.255 e. The van der Waals surface area contributed by atoms with Crippen molar-refractivity contribution >= 4 is 17.3 Å². The Hall–Kier alpha value is -3.25. The van der Waals surface area contributed by atoms with Crippen molar-refractivity contribution in [2.45, 2.75) is 38.9 Å². The number of carbonyl (C=O) groups is 1. The number of anilines is 2. The molecular weight excluding hydrogens is 414 g/mol. The van der Waals surface area contributed by atoms with Gasteiger partial charge in [-0.25, -0.2) is 0 Å². The molecular formula is C27H31N3O3. The molecule has 3 aromatic rings. The summed E-state index contributed by atoms with van der Waals surface area (Å²) >= 11 is 0. The first-order valence-electron chi connectivity index (χ1n) is 11.7. The Morgan fingerprint density at radius 3 is 2.64 bits per heavy atom. The van der Waals surface area contributed by atoms with E-state index in [1.165, 1.54) is 16.9 Å². The molecule has 5 rings (SSSR count). The highest BCUT2D eigenvalue weighted by atomic mass is 16.5. The number of rotatable bonds is 6. The summed E-state index contributed by atoms with van der Waals surface area (Å²) in [5.74, 6) is 0.592. The number of carbonyl (C=O) groups excluding carboxylic acids is 1. The summed E-state index contributed by atoms with van der Waals surface area (Å²) in [6, 6.07) is 18.9. The first kappa shape index (κ1) is 21.6. The number of furan rings is 1. The summed E-state index contributed by atoms with van der Waals surface area (Å²) in [5.41, 5.74) is 5.44. The normalized spacial score (nSPS) is 18.8. The molecule has 2 aromatic carbocycles. The van der Waals surface area contributed by atoms with Crippen LogP contribution >= 0.6 is 0 Å². The van der Waals surface area contributed by atoms with Gasteiger partial charge in [-0.3, -0.25) is 4.79 Å². The van der Waals surface area contributed by atoms with Gasteiger partial charge >= 0.3 is 0 Å². The Balaban J connectivity index is 1.25. The monoisotopic (exact) mass is 445 g/mol. The summed E-state index contributed by atoms with van der Waals surface area (Å²) in [6.07, 6.45) is 2.62. The van der Waals surface area contributed by atoms with Crippen LogP contribution in [0, 0.1) is 0 Å². The molecule has 2 atom stereocenters. The topological polar surface area (TPSA) is 58.0 Å². The summed E-state index contributed by atoms with van der Waals surface area (Å²) in [4.78, 5) is 17.8. The zero-order chi connectivity index (χ0) is 22.8. The molecule has 1 N–H and O–H groups in total. The number of para-hydroxylation sites is 1. The number of fused-ring (bicyclic) bond motifs is 1. The van der Waals surface area contributed by atoms with E-state index in [1.54, 1.807) is 12.3 Å². The van der Waals surface area contributed by atoms with Crippen LogP contribution in [-0.4, -0.2) is 38.3 Å². The fraction of sp³-hybridized carbons (Fsp3) is 0.370. The summed E-state index contributed by atoms with van der Waals surface area (Å²) < 4.78 is 11.2. The number of amides is 1. The van der Waals surface area contributed by atoms with Crippen molar-refractivity contribution in [2.75, 3.05) is 36.1 Å². The lowest BCUT2D eigenvalue weighted by Gasteiger charge is -2.29. The first-order chi connectivity index (χ1) is 16.1. The second kappa shape index (κ2) is 9.32. The van der Waals surface area contributed by atoms with Crippen LogP contribution in [0.3, 0.4) is 0 Å². The van der Waals surface area contributed by atoms with Crippen molar-refractivity contribution in [1.82, 2.24) is 5.32 Å². The van der Waals surface area contributed by atoms with E-state index in [2.05, 4.69) is 70.6 Å². The van der Waals surface area contributed by atoms with Gasteiger partial charge in [0.15, 0.2) is 0 Å². The summed E-state index contributed by atoms with van der Waals surface area (Å²) in [5, 5.41) is 3.14. The van der Waals surface area contributed by atoms with E-state index in [0.29, 0.717) is 23.9 Å². The molecule has 1 fully saturated rings. The lowest BCUT2D eigenvalue weighted by molar-refractivity contribution is 0.0937. The molecule has 1 amide bonds. The number of nitrogens with one attached hydrogen (secondary N) is 1. The van der Waals surface area contributed by atoms with Gasteiger partial charge in [0.1, 0.15) is 5.76 Å². The fourth-order valence-corrected chi connectivity index (χ4v) is 4.84. The van der Waals surface area contributed by atoms with Crippen LogP contribution in [0.15, 0.2) is 65.3 Å². The number of morpholine rings is 1. The molecule has 33 heavy (non-hydrogen) atoms. The lowest BCUT2D eigenvalue weighted by Crippen LogP contribution is -2.36. The lowest BCUT2D eigenvalue weighted by atomic mass is 10.1. The molecule has 6 nitrogen and oxygen atoms in total. The third kappa shape index (κ3) is 4.48. The fourth-order valence-electron chi connectivity index (χ4n) is 4.84. The molecule has 0 bridgehead atoms. The first-order valence-corrected chi connectivity index (χ1v) is 11.7. The third-order valence-electron chi connectivity index (χ3n) is 6.77. The zero-order valence-electron chi connectivity index (χ0n) is 19.3. The van der Waals surface area contributed by atoms with Crippen LogP contribution in [-0.2, 0) is 17.7 Å². The highest BCUT2D eigenvalue weighted by Crippen LogP contribution is 2.33. The van der Waals surface area contributed by atoms with Crippen molar-refractivity contribution in [3.8, 4) is 0 Å². The van der Waals surface area contributed by atoms with E-state index < -0.39 is 0 Å². The second-order valence-corrected chi connectivity index (χ2v) is 8.95. The molecule has 2 aliphatic rings. The number of benzene rings is 2. The van der Waals surface area contributed by atoms with E-state index in [4.69, 9.17) is 9.15 Å². The maximum atomic E-state index is 13.1. The molecule has 0 aliphatic carbocycles. The molecule has 0 spiro atoms. The minimum absolute atomic E-state index is 0.106. The minimum atomic E-state index is -0.108. The van der Waals surface area contributed by atoms with Gasteiger partial charge in [0.2, 0.25) is 0 Å². The Bertz CT molecular complexity index is 1100. The SMILES string of the molecule is CC(NC(=O)c1ccoc1CN1c2ccccc2CC1C)c1ccc(N2CCOCC2)cc1. The molecule has 6 heteroatoms. The highest BCUT2D eigenvalue weighted by molar-refractivity contribution is 5.95. The highest BCUT2D eigenvalue weighted by Gasteiger charge is 2.28. The molecule has 1 aromatic heterocycles. The van der Waals surface area contributed by atoms with Gasteiger partial charge in [-0.2, -0.15) is 0 Å². The third-order valence-corrected chi connectivity index (χ3v) is 6.77. The minimum Gasteiger partial charge on any atom is -0.467 e. The van der Waals surface area contributed by atoms with Crippen LogP contribution in [0.25, 0.3) is 0 Å². The van der Waals surface area contributed by atoms with Gasteiger partial charge in [-0.05, 0) is 55.7 Å². The number of hydrogen-bond donors (Lipinski definition) is 1. The molecule has 3 heterocycles. The number of nitrogens with zero attached hydrogens (tertiary/aromatic N) is 2. The Morgan fingerprint density at radius 1 is 1.09 bits per heavy atom. The van der Waals surface area contributed by atoms with E-state index in [1.807, 2.05) is 6.92 Å². The quantitative estimate of drug-likeness (QED) is 0.603. The van der Waals surface area contributed by atoms with Gasteiger partial charge in [0.05, 0.1) is 37.6 Å². The maximum absolute atomic E-state index is 13.1. The number of ether oxygens (including phenoxy) is 1. The largest absolute Gasteiger partial charge is 0.467 e. The molecule has 0 saturated carbocycles. The standard InChI is InChI=1S/C27H31N3O3/c1-19-17-22-5-3-4-6-25(22)30(19)18-26-24(11-14-33-26)27(31)28-20(2)21-7-9-23(10-8-21)29-12-15-32-16-13-29/h3-11,14,19-20H,12-13,15-18H2,1-2H3,(H,28,31). The average Bonchev–Trinajstić information content (AvgIpc) is 3.44. The van der Waals surface area contributed by atoms with Crippen molar-refractivity contribution < 1.29 is 13.9 Å². The van der Waals surface area contributed by atoms with Gasteiger partial charge < -0.3 is 24.3 Å². The van der Waals surface area contributed by atoms with Gasteiger partial charge in [-0.15, -0.1) is 0 Å². The Labute approximate surface area is 195 Å². The van der Waals surface area contributed by atoms with Gasteiger partial charge in [0, 0.05) is 30.5 Å². The molecule has 1 saturated heterocycles. The van der Waals surface area contributed by atoms with Crippen molar-refractivity contribution in [3.63, 3.8) is 0 Å². The van der Waals surface area contributed by atoms with Crippen LogP contribution in [0.1, 0.15) is 47.1 Å². The van der Waals surface area contributed by atoms with E-state index in [0.717, 1.165) is 38.3 Å². The van der Waals surface area contributed by atoms with Crippen molar-refractivity contribution in [1.29, 1.82) is 0 Å². The summed E-state index contributed by atoms with van der Waals surface area (Å²) in [6.45, 7) is 8.16. The van der Waals surface area contributed by atoms with E-state index in [-0.39, 0.29) is 11.9 Å². The average molecular weight is 446 g/mol. The summed E-state index contributed by atoms with van der Waals surface area (Å²) in [7, 11) is 0. The van der Waals surface area contributed by atoms with Crippen LogP contribution in [0.2, 0.25) is 0 Å². The Kier molecular flexibility index (Phi) is 6.09. The van der Waals surface area contributed by atoms with E-state index in [9.17, 15) is 4.79 Å².